The van der Waals surface area contributed by atoms with E-state index in [4.69, 9.17) is 4.74 Å². The molecule has 0 radical (unpaired) electrons. The van der Waals surface area contributed by atoms with Crippen LogP contribution in [0.4, 0.5) is 0 Å². The summed E-state index contributed by atoms with van der Waals surface area (Å²) >= 11 is 1.57. The van der Waals surface area contributed by atoms with Crippen LogP contribution in [0.1, 0.15) is 44.2 Å². The lowest BCUT2D eigenvalue weighted by atomic mass is 10.1. The van der Waals surface area contributed by atoms with E-state index in [-0.39, 0.29) is 11.8 Å². The third-order valence-electron chi connectivity index (χ3n) is 5.04. The van der Waals surface area contributed by atoms with Gasteiger partial charge in [0.05, 0.1) is 12.9 Å². The molecule has 0 aliphatic carbocycles. The first-order valence-electron chi connectivity index (χ1n) is 10.9. The molecule has 0 heterocycles. The number of unbranched alkanes of at least 4 members (excludes halogenated alkanes) is 1. The summed E-state index contributed by atoms with van der Waals surface area (Å²) in [4.78, 5) is 27.8. The second-order valence-corrected chi connectivity index (χ2v) is 8.41. The zero-order chi connectivity index (χ0) is 22.5. The van der Waals surface area contributed by atoms with Crippen LogP contribution < -0.4 is 10.1 Å². The molecule has 1 atom stereocenters. The number of carbonyl (C=O) groups is 2. The van der Waals surface area contributed by atoms with Gasteiger partial charge in [0.1, 0.15) is 11.8 Å². The molecule has 2 aromatic rings. The molecule has 0 aliphatic heterocycles. The quantitative estimate of drug-likeness (QED) is 0.459. The first-order valence-corrected chi connectivity index (χ1v) is 12.1. The predicted octanol–water partition coefficient (Wildman–Crippen LogP) is 4.65. The number of ether oxygens (including phenoxy) is 1. The van der Waals surface area contributed by atoms with E-state index in [1.165, 1.54) is 5.56 Å². The van der Waals surface area contributed by atoms with Crippen molar-refractivity contribution in [3.8, 4) is 5.75 Å². The number of hydrogen-bond acceptors (Lipinski definition) is 4. The topological polar surface area (TPSA) is 58.6 Å². The van der Waals surface area contributed by atoms with Gasteiger partial charge in [0.25, 0.3) is 0 Å². The maximum atomic E-state index is 13.2. The van der Waals surface area contributed by atoms with E-state index in [2.05, 4.69) is 24.4 Å². The molecule has 1 N–H and O–H groups in total. The maximum absolute atomic E-state index is 13.2. The number of benzene rings is 2. The number of thioether (sulfide) groups is 1. The number of hydrogen-bond donors (Lipinski definition) is 1. The molecule has 2 amide bonds. The number of nitrogens with zero attached hydrogens (tertiary/aromatic N) is 1. The Hall–Kier alpha value is -2.47. The minimum absolute atomic E-state index is 0.0266. The fourth-order valence-electron chi connectivity index (χ4n) is 3.31. The minimum atomic E-state index is -0.493. The van der Waals surface area contributed by atoms with Gasteiger partial charge in [0.2, 0.25) is 11.8 Å². The van der Waals surface area contributed by atoms with Crippen LogP contribution in [-0.4, -0.2) is 42.2 Å². The molecule has 0 bridgehead atoms. The Bertz CT molecular complexity index is 813. The van der Waals surface area contributed by atoms with Crippen LogP contribution in [-0.2, 0) is 21.9 Å². The Morgan fingerprint density at radius 2 is 1.81 bits per heavy atom. The standard InChI is InChI=1S/C25H34N2O3S/c1-4-6-15-26-25(29)23(5-2)27(17-21-13-10-14-22(16-21)30-3)24(28)19-31-18-20-11-8-7-9-12-20/h7-14,16,23H,4-6,15,17-19H2,1-3H3,(H,26,29). The molecule has 0 aliphatic rings. The summed E-state index contributed by atoms with van der Waals surface area (Å²) in [6.07, 6.45) is 2.51. The molecule has 2 aromatic carbocycles. The Labute approximate surface area is 190 Å². The van der Waals surface area contributed by atoms with Crippen molar-refractivity contribution in [3.63, 3.8) is 0 Å². The Morgan fingerprint density at radius 1 is 1.06 bits per heavy atom. The average Bonchev–Trinajstić information content (AvgIpc) is 2.80. The third-order valence-corrected chi connectivity index (χ3v) is 6.03. The summed E-state index contributed by atoms with van der Waals surface area (Å²) in [7, 11) is 1.62. The number of methoxy groups -OCH3 is 1. The largest absolute Gasteiger partial charge is 0.497 e. The number of amides is 2. The van der Waals surface area contributed by atoms with Gasteiger partial charge < -0.3 is 15.0 Å². The fourth-order valence-corrected chi connectivity index (χ4v) is 4.18. The van der Waals surface area contributed by atoms with E-state index in [0.717, 1.165) is 29.9 Å². The highest BCUT2D eigenvalue weighted by molar-refractivity contribution is 7.99. The van der Waals surface area contributed by atoms with Crippen molar-refractivity contribution in [1.82, 2.24) is 10.2 Å². The molecule has 0 saturated heterocycles. The summed E-state index contributed by atoms with van der Waals surface area (Å²) in [6, 6.07) is 17.3. The Kier molecular flexibility index (Phi) is 11.0. The molecule has 1 unspecified atom stereocenters. The van der Waals surface area contributed by atoms with Crippen LogP contribution in [0.3, 0.4) is 0 Å². The molecule has 0 fully saturated rings. The molecule has 0 saturated carbocycles. The van der Waals surface area contributed by atoms with Gasteiger partial charge in [-0.1, -0.05) is 62.7 Å². The zero-order valence-electron chi connectivity index (χ0n) is 18.8. The highest BCUT2D eigenvalue weighted by atomic mass is 32.2. The van der Waals surface area contributed by atoms with Crippen molar-refractivity contribution in [3.05, 3.63) is 65.7 Å². The monoisotopic (exact) mass is 442 g/mol. The van der Waals surface area contributed by atoms with E-state index in [9.17, 15) is 9.59 Å². The Morgan fingerprint density at radius 3 is 2.48 bits per heavy atom. The minimum Gasteiger partial charge on any atom is -0.497 e. The second kappa shape index (κ2) is 13.8. The summed E-state index contributed by atoms with van der Waals surface area (Å²) in [5.41, 5.74) is 2.13. The first-order chi connectivity index (χ1) is 15.1. The van der Waals surface area contributed by atoms with Crippen molar-refractivity contribution in [2.45, 2.75) is 51.4 Å². The lowest BCUT2D eigenvalue weighted by molar-refractivity contribution is -0.139. The van der Waals surface area contributed by atoms with Crippen molar-refractivity contribution in [2.24, 2.45) is 0 Å². The number of nitrogens with one attached hydrogen (secondary N) is 1. The van der Waals surface area contributed by atoms with E-state index in [1.54, 1.807) is 23.8 Å². The van der Waals surface area contributed by atoms with E-state index < -0.39 is 6.04 Å². The van der Waals surface area contributed by atoms with Gasteiger partial charge in [0, 0.05) is 18.8 Å². The van der Waals surface area contributed by atoms with Crippen LogP contribution in [0.15, 0.2) is 54.6 Å². The molecule has 168 valence electrons. The number of rotatable bonds is 13. The smallest absolute Gasteiger partial charge is 0.242 e. The SMILES string of the molecule is CCCCNC(=O)C(CC)N(Cc1cccc(OC)c1)C(=O)CSCc1ccccc1. The predicted molar refractivity (Wildman–Crippen MR) is 128 cm³/mol. The van der Waals surface area contributed by atoms with E-state index in [1.807, 2.05) is 49.4 Å². The molecular formula is C25H34N2O3S. The maximum Gasteiger partial charge on any atom is 0.242 e. The van der Waals surface area contributed by atoms with Gasteiger partial charge in [0.15, 0.2) is 0 Å². The first kappa shape index (κ1) is 24.8. The molecule has 31 heavy (non-hydrogen) atoms. The lowest BCUT2D eigenvalue weighted by Crippen LogP contribution is -2.49. The summed E-state index contributed by atoms with van der Waals surface area (Å²) in [5, 5.41) is 3.00. The van der Waals surface area contributed by atoms with E-state index in [0.29, 0.717) is 25.3 Å². The molecule has 5 nitrogen and oxygen atoms in total. The summed E-state index contributed by atoms with van der Waals surface area (Å²) < 4.78 is 5.32. The van der Waals surface area contributed by atoms with Gasteiger partial charge >= 0.3 is 0 Å². The van der Waals surface area contributed by atoms with Gasteiger partial charge in [-0.15, -0.1) is 11.8 Å². The molecule has 6 heteroatoms. The third kappa shape index (κ3) is 8.29. The van der Waals surface area contributed by atoms with Crippen molar-refractivity contribution < 1.29 is 14.3 Å². The fraction of sp³-hybridized carbons (Fsp3) is 0.440. The molecule has 0 aromatic heterocycles. The summed E-state index contributed by atoms with van der Waals surface area (Å²) in [6.45, 7) is 5.05. The van der Waals surface area contributed by atoms with Gasteiger partial charge in [-0.2, -0.15) is 0 Å². The highest BCUT2D eigenvalue weighted by Gasteiger charge is 2.28. The highest BCUT2D eigenvalue weighted by Crippen LogP contribution is 2.19. The van der Waals surface area contributed by atoms with Crippen LogP contribution in [0.2, 0.25) is 0 Å². The molecule has 2 rings (SSSR count). The van der Waals surface area contributed by atoms with E-state index >= 15 is 0 Å². The van der Waals surface area contributed by atoms with Crippen molar-refractivity contribution in [1.29, 1.82) is 0 Å². The van der Waals surface area contributed by atoms with Crippen molar-refractivity contribution >= 4 is 23.6 Å². The average molecular weight is 443 g/mol. The van der Waals surface area contributed by atoms with Crippen LogP contribution >= 0.6 is 11.8 Å². The van der Waals surface area contributed by atoms with Gasteiger partial charge in [-0.3, -0.25) is 9.59 Å². The van der Waals surface area contributed by atoms with Crippen LogP contribution in [0.25, 0.3) is 0 Å². The van der Waals surface area contributed by atoms with Crippen LogP contribution in [0.5, 0.6) is 5.75 Å². The summed E-state index contributed by atoms with van der Waals surface area (Å²) in [5.74, 6) is 1.72. The van der Waals surface area contributed by atoms with Gasteiger partial charge in [-0.05, 0) is 36.1 Å². The Balaban J connectivity index is 2.12. The van der Waals surface area contributed by atoms with Crippen LogP contribution in [0, 0.1) is 0 Å². The second-order valence-electron chi connectivity index (χ2n) is 7.42. The van der Waals surface area contributed by atoms with Gasteiger partial charge in [-0.25, -0.2) is 0 Å². The normalized spacial score (nSPS) is 11.6. The zero-order valence-corrected chi connectivity index (χ0v) is 19.6. The lowest BCUT2D eigenvalue weighted by Gasteiger charge is -2.30. The molecule has 0 spiro atoms. The molecular weight excluding hydrogens is 408 g/mol. The number of carbonyl (C=O) groups excluding carboxylic acids is 2. The van der Waals surface area contributed by atoms with Crippen molar-refractivity contribution in [2.75, 3.05) is 19.4 Å².